The standard InChI is InChI=1S/C23H24N2O3/c1-16-7-9-18(10-8-16)20-21(23(27)25(22(20)26)13-14-28-2)24-12-11-17-5-3-4-6-19(17)15-24/h3-10H,11-15H2,1-2H3. The number of hydrogen-bond acceptors (Lipinski definition) is 4. The summed E-state index contributed by atoms with van der Waals surface area (Å²) in [6.45, 7) is 3.95. The molecule has 2 aliphatic heterocycles. The molecule has 0 aliphatic carbocycles. The van der Waals surface area contributed by atoms with Gasteiger partial charge >= 0.3 is 0 Å². The molecule has 0 aromatic heterocycles. The highest BCUT2D eigenvalue weighted by atomic mass is 16.5. The van der Waals surface area contributed by atoms with Crippen LogP contribution >= 0.6 is 0 Å². The van der Waals surface area contributed by atoms with E-state index in [2.05, 4.69) is 17.0 Å². The molecule has 0 fully saturated rings. The highest BCUT2D eigenvalue weighted by molar-refractivity contribution is 6.35. The van der Waals surface area contributed by atoms with Gasteiger partial charge in [0.2, 0.25) is 0 Å². The number of rotatable bonds is 5. The highest BCUT2D eigenvalue weighted by Crippen LogP contribution is 2.34. The molecule has 2 aliphatic rings. The van der Waals surface area contributed by atoms with Crippen LogP contribution in [0.1, 0.15) is 22.3 Å². The summed E-state index contributed by atoms with van der Waals surface area (Å²) in [6, 6.07) is 16.1. The first kappa shape index (κ1) is 18.4. The molecular weight excluding hydrogens is 352 g/mol. The smallest absolute Gasteiger partial charge is 0.277 e. The van der Waals surface area contributed by atoms with Gasteiger partial charge in [-0.05, 0) is 30.0 Å². The van der Waals surface area contributed by atoms with E-state index in [1.807, 2.05) is 43.3 Å². The van der Waals surface area contributed by atoms with E-state index in [1.165, 1.54) is 16.0 Å². The van der Waals surface area contributed by atoms with Crippen molar-refractivity contribution < 1.29 is 14.3 Å². The molecule has 2 amide bonds. The maximum Gasteiger partial charge on any atom is 0.277 e. The van der Waals surface area contributed by atoms with E-state index in [0.717, 1.165) is 24.1 Å². The van der Waals surface area contributed by atoms with Gasteiger partial charge in [-0.3, -0.25) is 14.5 Å². The van der Waals surface area contributed by atoms with Gasteiger partial charge < -0.3 is 9.64 Å². The molecule has 0 bridgehead atoms. The molecular formula is C23H24N2O3. The number of ether oxygens (including phenoxy) is 1. The van der Waals surface area contributed by atoms with E-state index in [4.69, 9.17) is 4.74 Å². The topological polar surface area (TPSA) is 49.9 Å². The van der Waals surface area contributed by atoms with Gasteiger partial charge in [-0.15, -0.1) is 0 Å². The molecule has 28 heavy (non-hydrogen) atoms. The minimum Gasteiger partial charge on any atom is -0.383 e. The van der Waals surface area contributed by atoms with Crippen LogP contribution in [0.5, 0.6) is 0 Å². The largest absolute Gasteiger partial charge is 0.383 e. The van der Waals surface area contributed by atoms with Gasteiger partial charge in [0.1, 0.15) is 5.70 Å². The number of amides is 2. The molecule has 2 aromatic carbocycles. The quantitative estimate of drug-likeness (QED) is 0.753. The van der Waals surface area contributed by atoms with Crippen LogP contribution in [-0.2, 0) is 27.3 Å². The monoisotopic (exact) mass is 376 g/mol. The van der Waals surface area contributed by atoms with Gasteiger partial charge in [-0.25, -0.2) is 0 Å². The number of nitrogens with zero attached hydrogens (tertiary/aromatic N) is 2. The van der Waals surface area contributed by atoms with Crippen LogP contribution in [0.15, 0.2) is 54.2 Å². The average Bonchev–Trinajstić information content (AvgIpc) is 2.96. The Bertz CT molecular complexity index is 947. The summed E-state index contributed by atoms with van der Waals surface area (Å²) in [4.78, 5) is 29.8. The molecule has 0 saturated heterocycles. The Morgan fingerprint density at radius 2 is 1.68 bits per heavy atom. The normalized spacial score (nSPS) is 16.8. The van der Waals surface area contributed by atoms with Crippen LogP contribution in [0, 0.1) is 6.92 Å². The molecule has 2 aromatic rings. The lowest BCUT2D eigenvalue weighted by molar-refractivity contribution is -0.138. The summed E-state index contributed by atoms with van der Waals surface area (Å²) in [5.41, 5.74) is 5.44. The van der Waals surface area contributed by atoms with Crippen molar-refractivity contribution in [3.63, 3.8) is 0 Å². The molecule has 4 rings (SSSR count). The minimum absolute atomic E-state index is 0.225. The zero-order valence-corrected chi connectivity index (χ0v) is 16.3. The van der Waals surface area contributed by atoms with Crippen LogP contribution in [0.4, 0.5) is 0 Å². The third kappa shape index (κ3) is 3.22. The van der Waals surface area contributed by atoms with Crippen molar-refractivity contribution in [2.75, 3.05) is 26.8 Å². The van der Waals surface area contributed by atoms with Gasteiger partial charge in [0.25, 0.3) is 11.8 Å². The molecule has 0 N–H and O–H groups in total. The van der Waals surface area contributed by atoms with Crippen LogP contribution in [0.25, 0.3) is 5.57 Å². The zero-order valence-electron chi connectivity index (χ0n) is 16.3. The van der Waals surface area contributed by atoms with Crippen molar-refractivity contribution in [1.29, 1.82) is 0 Å². The summed E-state index contributed by atoms with van der Waals surface area (Å²) in [5.74, 6) is -0.461. The Balaban J connectivity index is 1.76. The van der Waals surface area contributed by atoms with Crippen LogP contribution < -0.4 is 0 Å². The number of methoxy groups -OCH3 is 1. The first-order valence-corrected chi connectivity index (χ1v) is 9.58. The SMILES string of the molecule is COCCN1C(=O)C(c2ccc(C)cc2)=C(N2CCc3ccccc3C2)C1=O. The Hall–Kier alpha value is -2.92. The maximum atomic E-state index is 13.2. The van der Waals surface area contributed by atoms with Gasteiger partial charge in [0, 0.05) is 20.2 Å². The molecule has 5 nitrogen and oxygen atoms in total. The van der Waals surface area contributed by atoms with Gasteiger partial charge in [-0.1, -0.05) is 54.1 Å². The van der Waals surface area contributed by atoms with Crippen molar-refractivity contribution in [3.05, 3.63) is 76.5 Å². The summed E-state index contributed by atoms with van der Waals surface area (Å²) in [6.07, 6.45) is 0.862. The van der Waals surface area contributed by atoms with E-state index in [-0.39, 0.29) is 18.4 Å². The summed E-state index contributed by atoms with van der Waals surface area (Å²) in [5, 5.41) is 0. The number of carbonyl (C=O) groups is 2. The van der Waals surface area contributed by atoms with Crippen LogP contribution in [-0.4, -0.2) is 48.4 Å². The second kappa shape index (κ2) is 7.60. The molecule has 0 radical (unpaired) electrons. The number of fused-ring (bicyclic) bond motifs is 1. The van der Waals surface area contributed by atoms with E-state index in [9.17, 15) is 9.59 Å². The second-order valence-electron chi connectivity index (χ2n) is 7.28. The summed E-state index contributed by atoms with van der Waals surface area (Å²) in [7, 11) is 1.57. The number of benzene rings is 2. The molecule has 2 heterocycles. The van der Waals surface area contributed by atoms with Crippen molar-refractivity contribution in [2.45, 2.75) is 19.9 Å². The number of aryl methyl sites for hydroxylation is 1. The Morgan fingerprint density at radius 1 is 0.964 bits per heavy atom. The van der Waals surface area contributed by atoms with Gasteiger partial charge in [0.05, 0.1) is 18.7 Å². The molecule has 5 heteroatoms. The molecule has 0 saturated carbocycles. The fraction of sp³-hybridized carbons (Fsp3) is 0.304. The van der Waals surface area contributed by atoms with E-state index in [1.54, 1.807) is 7.11 Å². The first-order valence-electron chi connectivity index (χ1n) is 9.58. The fourth-order valence-electron chi connectivity index (χ4n) is 3.91. The van der Waals surface area contributed by atoms with Crippen molar-refractivity contribution in [1.82, 2.24) is 9.80 Å². The van der Waals surface area contributed by atoms with Crippen LogP contribution in [0.2, 0.25) is 0 Å². The van der Waals surface area contributed by atoms with Crippen LogP contribution in [0.3, 0.4) is 0 Å². The van der Waals surface area contributed by atoms with E-state index in [0.29, 0.717) is 24.4 Å². The molecule has 0 unspecified atom stereocenters. The lowest BCUT2D eigenvalue weighted by Gasteiger charge is -2.31. The van der Waals surface area contributed by atoms with Gasteiger partial charge in [-0.2, -0.15) is 0 Å². The highest BCUT2D eigenvalue weighted by Gasteiger charge is 2.41. The lowest BCUT2D eigenvalue weighted by atomic mass is 9.97. The fourth-order valence-corrected chi connectivity index (χ4v) is 3.91. The average molecular weight is 376 g/mol. The Morgan fingerprint density at radius 3 is 2.39 bits per heavy atom. The third-order valence-corrected chi connectivity index (χ3v) is 5.45. The molecule has 0 atom stereocenters. The zero-order chi connectivity index (χ0) is 19.7. The Kier molecular flexibility index (Phi) is 5.01. The molecule has 0 spiro atoms. The van der Waals surface area contributed by atoms with Crippen molar-refractivity contribution in [3.8, 4) is 0 Å². The number of carbonyl (C=O) groups excluding carboxylic acids is 2. The predicted molar refractivity (Wildman–Crippen MR) is 107 cm³/mol. The number of hydrogen-bond donors (Lipinski definition) is 0. The summed E-state index contributed by atoms with van der Waals surface area (Å²) >= 11 is 0. The second-order valence-corrected chi connectivity index (χ2v) is 7.28. The predicted octanol–water partition coefficient (Wildman–Crippen LogP) is 2.78. The summed E-state index contributed by atoms with van der Waals surface area (Å²) < 4.78 is 5.11. The van der Waals surface area contributed by atoms with Crippen molar-refractivity contribution in [2.24, 2.45) is 0 Å². The van der Waals surface area contributed by atoms with Crippen molar-refractivity contribution >= 4 is 17.4 Å². The van der Waals surface area contributed by atoms with E-state index < -0.39 is 0 Å². The Labute approximate surface area is 165 Å². The molecule has 144 valence electrons. The third-order valence-electron chi connectivity index (χ3n) is 5.45. The lowest BCUT2D eigenvalue weighted by Crippen LogP contribution is -2.38. The minimum atomic E-state index is -0.236. The van der Waals surface area contributed by atoms with E-state index >= 15 is 0 Å². The number of imide groups is 1. The maximum absolute atomic E-state index is 13.2. The first-order chi connectivity index (χ1) is 13.6. The van der Waals surface area contributed by atoms with Gasteiger partial charge in [0.15, 0.2) is 0 Å².